The van der Waals surface area contributed by atoms with Crippen molar-refractivity contribution < 1.29 is 32.0 Å². The largest absolute Gasteiger partial charge is 0.467 e. The number of hydroxylamine groups is 1. The van der Waals surface area contributed by atoms with E-state index in [4.69, 9.17) is 9.25 Å². The molecule has 164 valence electrons. The molecule has 0 unspecified atom stereocenters. The Morgan fingerprint density at radius 1 is 0.875 bits per heavy atom. The topological polar surface area (TPSA) is 63.0 Å². The van der Waals surface area contributed by atoms with E-state index in [1.165, 1.54) is 11.3 Å². The van der Waals surface area contributed by atoms with Gasteiger partial charge in [0.2, 0.25) is 5.91 Å². The van der Waals surface area contributed by atoms with Crippen molar-refractivity contribution in [1.29, 1.82) is 0 Å². The number of nitrogens with zero attached hydrogens (tertiary/aromatic N) is 2. The molecule has 0 spiro atoms. The first kappa shape index (κ1) is 20.3. The zero-order valence-corrected chi connectivity index (χ0v) is 16.7. The summed E-state index contributed by atoms with van der Waals surface area (Å²) in [6.45, 7) is 1.93. The normalized spacial score (nSPS) is 23.2. The fraction of sp³-hybridized carbons (Fsp3) is 0.217. The molecule has 2 aliphatic rings. The van der Waals surface area contributed by atoms with E-state index in [1.807, 2.05) is 31.2 Å². The number of hydrogen-bond donors (Lipinski definition) is 0. The second-order valence-corrected chi connectivity index (χ2v) is 7.73. The van der Waals surface area contributed by atoms with Crippen LogP contribution < -0.4 is 9.96 Å². The van der Waals surface area contributed by atoms with Crippen LogP contribution in [0.4, 0.5) is 24.5 Å². The number of carbonyl (C=O) groups excluding carboxylic acids is 2. The van der Waals surface area contributed by atoms with Crippen molar-refractivity contribution in [2.45, 2.75) is 25.2 Å². The fourth-order valence-electron chi connectivity index (χ4n) is 4.13. The third-order valence-corrected chi connectivity index (χ3v) is 5.69. The molecule has 3 heterocycles. The molecule has 9 heteroatoms. The van der Waals surface area contributed by atoms with E-state index in [-0.39, 0.29) is 5.69 Å². The van der Waals surface area contributed by atoms with E-state index in [9.17, 15) is 22.8 Å². The van der Waals surface area contributed by atoms with Crippen LogP contribution in [0, 0.1) is 12.8 Å². The molecule has 6 nitrogen and oxygen atoms in total. The number of carbonyl (C=O) groups is 2. The minimum absolute atomic E-state index is 0.0612. The Morgan fingerprint density at radius 2 is 1.53 bits per heavy atom. The summed E-state index contributed by atoms with van der Waals surface area (Å²) in [4.78, 5) is 33.3. The predicted molar refractivity (Wildman–Crippen MR) is 107 cm³/mol. The van der Waals surface area contributed by atoms with Gasteiger partial charge in [0.1, 0.15) is 17.7 Å². The van der Waals surface area contributed by atoms with Crippen LogP contribution in [0.3, 0.4) is 0 Å². The number of imide groups is 1. The van der Waals surface area contributed by atoms with Crippen LogP contribution in [0.5, 0.6) is 0 Å². The molecule has 2 saturated heterocycles. The van der Waals surface area contributed by atoms with Gasteiger partial charge in [-0.05, 0) is 55.5 Å². The highest BCUT2D eigenvalue weighted by Crippen LogP contribution is 2.47. The summed E-state index contributed by atoms with van der Waals surface area (Å²) in [5, 5.41) is 1.49. The number of fused-ring (bicyclic) bond motifs is 1. The quantitative estimate of drug-likeness (QED) is 0.553. The molecule has 0 radical (unpaired) electrons. The molecule has 2 aromatic carbocycles. The van der Waals surface area contributed by atoms with Crippen molar-refractivity contribution in [3.05, 3.63) is 83.8 Å². The third-order valence-electron chi connectivity index (χ3n) is 5.69. The molecular weight excluding hydrogens is 425 g/mol. The maximum absolute atomic E-state index is 13.4. The second kappa shape index (κ2) is 7.23. The molecule has 32 heavy (non-hydrogen) atoms. The fourth-order valence-corrected chi connectivity index (χ4v) is 4.13. The lowest BCUT2D eigenvalue weighted by atomic mass is 9.94. The van der Waals surface area contributed by atoms with E-state index in [2.05, 4.69) is 0 Å². The van der Waals surface area contributed by atoms with Crippen LogP contribution >= 0.6 is 0 Å². The summed E-state index contributed by atoms with van der Waals surface area (Å²) < 4.78 is 44.2. The van der Waals surface area contributed by atoms with Crippen molar-refractivity contribution >= 4 is 23.2 Å². The zero-order chi connectivity index (χ0) is 22.6. The molecule has 0 bridgehead atoms. The molecule has 1 aromatic heterocycles. The van der Waals surface area contributed by atoms with Gasteiger partial charge in [-0.25, -0.2) is 9.96 Å². The highest BCUT2D eigenvalue weighted by Gasteiger charge is 2.61. The minimum atomic E-state index is -4.52. The van der Waals surface area contributed by atoms with Crippen molar-refractivity contribution in [1.82, 2.24) is 0 Å². The van der Waals surface area contributed by atoms with Crippen molar-refractivity contribution in [3.63, 3.8) is 0 Å². The predicted octanol–water partition coefficient (Wildman–Crippen LogP) is 4.66. The number of hydrogen-bond acceptors (Lipinski definition) is 5. The molecule has 2 amide bonds. The van der Waals surface area contributed by atoms with Gasteiger partial charge in [0.05, 0.1) is 23.2 Å². The number of furan rings is 1. The Morgan fingerprint density at radius 3 is 2.12 bits per heavy atom. The van der Waals surface area contributed by atoms with Gasteiger partial charge in [-0.1, -0.05) is 17.7 Å². The van der Waals surface area contributed by atoms with Gasteiger partial charge in [-0.15, -0.1) is 0 Å². The Bertz CT molecular complexity index is 1160. The summed E-state index contributed by atoms with van der Waals surface area (Å²) in [6, 6.07) is 13.9. The lowest BCUT2D eigenvalue weighted by Crippen LogP contribution is -2.37. The molecular formula is C23H17F3N2O4. The van der Waals surface area contributed by atoms with Crippen LogP contribution in [-0.2, 0) is 20.6 Å². The molecule has 0 N–H and O–H groups in total. The van der Waals surface area contributed by atoms with Gasteiger partial charge in [-0.2, -0.15) is 13.2 Å². The summed E-state index contributed by atoms with van der Waals surface area (Å²) in [5.41, 5.74) is 0.873. The highest BCUT2D eigenvalue weighted by molar-refractivity contribution is 6.23. The number of amides is 2. The first-order valence-corrected chi connectivity index (χ1v) is 9.87. The highest BCUT2D eigenvalue weighted by atomic mass is 19.4. The maximum atomic E-state index is 13.4. The Kier molecular flexibility index (Phi) is 4.59. The Hall–Kier alpha value is -3.59. The lowest BCUT2D eigenvalue weighted by Gasteiger charge is -2.27. The number of alkyl halides is 3. The number of benzene rings is 2. The molecule has 2 aliphatic heterocycles. The van der Waals surface area contributed by atoms with Crippen molar-refractivity contribution in [3.8, 4) is 0 Å². The van der Waals surface area contributed by atoms with Crippen molar-refractivity contribution in [2.24, 2.45) is 5.92 Å². The summed E-state index contributed by atoms with van der Waals surface area (Å²) >= 11 is 0. The molecule has 0 saturated carbocycles. The zero-order valence-electron chi connectivity index (χ0n) is 16.7. The van der Waals surface area contributed by atoms with Crippen LogP contribution in [0.2, 0.25) is 0 Å². The first-order valence-electron chi connectivity index (χ1n) is 9.87. The van der Waals surface area contributed by atoms with Gasteiger partial charge < -0.3 is 4.42 Å². The van der Waals surface area contributed by atoms with Gasteiger partial charge in [0, 0.05) is 0 Å². The van der Waals surface area contributed by atoms with E-state index in [1.54, 1.807) is 12.1 Å². The summed E-state index contributed by atoms with van der Waals surface area (Å²) in [5.74, 6) is -1.67. The van der Waals surface area contributed by atoms with Crippen LogP contribution in [0.1, 0.15) is 22.9 Å². The average Bonchev–Trinajstić information content (AvgIpc) is 3.46. The molecule has 3 aromatic rings. The third kappa shape index (κ3) is 3.16. The minimum Gasteiger partial charge on any atom is -0.467 e. The SMILES string of the molecule is Cc1ccc(N2O[C@H]3C(=O)N(c4ccc(C(F)(F)F)cc4)C(=O)[C@@H]3[C@@H]2c2ccco2)cc1. The monoisotopic (exact) mass is 442 g/mol. The standard InChI is InChI=1S/C23H17F3N2O4/c1-13-4-8-16(9-5-13)28-19(17-3-2-12-31-17)18-20(32-28)22(30)27(21(18)29)15-10-6-14(7-11-15)23(24,25)26/h2-12,18-20H,1H3/t18-,19+,20-/m1/s1. The Labute approximate surface area is 180 Å². The number of anilines is 2. The summed E-state index contributed by atoms with van der Waals surface area (Å²) in [7, 11) is 0. The van der Waals surface area contributed by atoms with Crippen LogP contribution in [0.25, 0.3) is 0 Å². The van der Waals surface area contributed by atoms with Gasteiger partial charge in [-0.3, -0.25) is 14.4 Å². The number of rotatable bonds is 3. The second-order valence-electron chi connectivity index (χ2n) is 7.73. The average molecular weight is 442 g/mol. The smallest absolute Gasteiger partial charge is 0.416 e. The van der Waals surface area contributed by atoms with E-state index in [0.29, 0.717) is 11.4 Å². The van der Waals surface area contributed by atoms with E-state index >= 15 is 0 Å². The van der Waals surface area contributed by atoms with Crippen LogP contribution in [0.15, 0.2) is 71.3 Å². The first-order chi connectivity index (χ1) is 15.3. The molecule has 0 aliphatic carbocycles. The van der Waals surface area contributed by atoms with Crippen LogP contribution in [-0.4, -0.2) is 17.9 Å². The van der Waals surface area contributed by atoms with Crippen molar-refractivity contribution in [2.75, 3.05) is 9.96 Å². The molecule has 2 fully saturated rings. The number of halogens is 3. The summed E-state index contributed by atoms with van der Waals surface area (Å²) in [6.07, 6.45) is -4.18. The van der Waals surface area contributed by atoms with Gasteiger partial charge >= 0.3 is 6.18 Å². The van der Waals surface area contributed by atoms with E-state index < -0.39 is 41.6 Å². The maximum Gasteiger partial charge on any atom is 0.416 e. The van der Waals surface area contributed by atoms with Gasteiger partial charge in [0.15, 0.2) is 6.10 Å². The Balaban J connectivity index is 1.51. The molecule has 5 rings (SSSR count). The molecule has 3 atom stereocenters. The number of aryl methyl sites for hydroxylation is 1. The lowest BCUT2D eigenvalue weighted by molar-refractivity contribution is -0.137. The van der Waals surface area contributed by atoms with E-state index in [0.717, 1.165) is 34.7 Å². The van der Waals surface area contributed by atoms with Gasteiger partial charge in [0.25, 0.3) is 5.91 Å².